The second-order valence-electron chi connectivity index (χ2n) is 4.12. The van der Waals surface area contributed by atoms with Gasteiger partial charge in [0.1, 0.15) is 17.1 Å². The second kappa shape index (κ2) is 5.53. The van der Waals surface area contributed by atoms with Crippen LogP contribution >= 0.6 is 0 Å². The van der Waals surface area contributed by atoms with Crippen LogP contribution in [0.15, 0.2) is 30.5 Å². The summed E-state index contributed by atoms with van der Waals surface area (Å²) in [6.45, 7) is 1.56. The normalized spacial score (nSPS) is 10.2. The van der Waals surface area contributed by atoms with Crippen molar-refractivity contribution in [2.75, 3.05) is 0 Å². The van der Waals surface area contributed by atoms with Gasteiger partial charge < -0.3 is 9.84 Å². The van der Waals surface area contributed by atoms with Gasteiger partial charge in [0.05, 0.1) is 11.1 Å². The smallest absolute Gasteiger partial charge is 0.341 e. The van der Waals surface area contributed by atoms with Crippen molar-refractivity contribution in [1.29, 1.82) is 0 Å². The van der Waals surface area contributed by atoms with Crippen molar-refractivity contribution in [3.8, 4) is 11.6 Å². The fourth-order valence-corrected chi connectivity index (χ4v) is 1.63. The van der Waals surface area contributed by atoms with E-state index in [1.54, 1.807) is 6.92 Å². The number of hydrogen-bond acceptors (Lipinski definition) is 5. The van der Waals surface area contributed by atoms with Crippen LogP contribution < -0.4 is 4.74 Å². The van der Waals surface area contributed by atoms with Crippen LogP contribution in [-0.4, -0.2) is 21.0 Å². The number of nitrogens with zero attached hydrogens (tertiary/aromatic N) is 2. The molecule has 0 aliphatic heterocycles. The highest BCUT2D eigenvalue weighted by molar-refractivity contribution is 5.90. The lowest BCUT2D eigenvalue weighted by molar-refractivity contribution is -0.384. The summed E-state index contributed by atoms with van der Waals surface area (Å²) in [5, 5.41) is 19.6. The summed E-state index contributed by atoms with van der Waals surface area (Å²) in [6.07, 6.45) is 0.822. The van der Waals surface area contributed by atoms with Gasteiger partial charge in [-0.15, -0.1) is 0 Å². The molecule has 8 heteroatoms. The fraction of sp³-hybridized carbons (Fsp3) is 0.0769. The highest BCUT2D eigenvalue weighted by Crippen LogP contribution is 2.29. The predicted molar refractivity (Wildman–Crippen MR) is 69.1 cm³/mol. The monoisotopic (exact) mass is 292 g/mol. The SMILES string of the molecule is Cc1cc([N+](=O)[O-])ccc1Oc1ncc(F)cc1C(=O)O. The molecule has 0 aliphatic carbocycles. The number of rotatable bonds is 4. The molecule has 0 aliphatic rings. The van der Waals surface area contributed by atoms with Gasteiger partial charge in [0.25, 0.3) is 5.69 Å². The summed E-state index contributed by atoms with van der Waals surface area (Å²) in [7, 11) is 0. The van der Waals surface area contributed by atoms with Gasteiger partial charge in [-0.25, -0.2) is 14.2 Å². The maximum Gasteiger partial charge on any atom is 0.341 e. The van der Waals surface area contributed by atoms with Crippen LogP contribution in [0, 0.1) is 22.9 Å². The number of pyridine rings is 1. The van der Waals surface area contributed by atoms with Crippen LogP contribution in [-0.2, 0) is 0 Å². The first kappa shape index (κ1) is 14.4. The Morgan fingerprint density at radius 1 is 1.43 bits per heavy atom. The molecule has 1 aromatic carbocycles. The number of carboxylic acids is 1. The van der Waals surface area contributed by atoms with Crippen molar-refractivity contribution in [2.45, 2.75) is 6.92 Å². The topological polar surface area (TPSA) is 103 Å². The molecule has 2 aromatic rings. The van der Waals surface area contributed by atoms with Crippen molar-refractivity contribution in [3.05, 3.63) is 57.5 Å². The Hall–Kier alpha value is -3.03. The lowest BCUT2D eigenvalue weighted by Crippen LogP contribution is -2.03. The van der Waals surface area contributed by atoms with Gasteiger partial charge in [0, 0.05) is 12.1 Å². The third kappa shape index (κ3) is 3.11. The summed E-state index contributed by atoms with van der Waals surface area (Å²) >= 11 is 0. The highest BCUT2D eigenvalue weighted by atomic mass is 19.1. The molecule has 0 spiro atoms. The molecule has 1 aromatic heterocycles. The number of benzene rings is 1. The van der Waals surface area contributed by atoms with E-state index in [0.717, 1.165) is 12.3 Å². The van der Waals surface area contributed by atoms with Crippen LogP contribution in [0.5, 0.6) is 11.6 Å². The molecule has 7 nitrogen and oxygen atoms in total. The number of aromatic nitrogens is 1. The van der Waals surface area contributed by atoms with Gasteiger partial charge in [-0.1, -0.05) is 0 Å². The summed E-state index contributed by atoms with van der Waals surface area (Å²) in [6, 6.07) is 4.60. The molecule has 0 atom stereocenters. The lowest BCUT2D eigenvalue weighted by Gasteiger charge is -2.09. The van der Waals surface area contributed by atoms with Gasteiger partial charge in [-0.3, -0.25) is 10.1 Å². The Bertz CT molecular complexity index is 732. The number of carbonyl (C=O) groups is 1. The number of aromatic carboxylic acids is 1. The molecule has 0 radical (unpaired) electrons. The predicted octanol–water partition coefficient (Wildman–Crippen LogP) is 2.93. The number of nitro groups is 1. The zero-order valence-corrected chi connectivity index (χ0v) is 10.7. The summed E-state index contributed by atoms with van der Waals surface area (Å²) < 4.78 is 18.3. The van der Waals surface area contributed by atoms with E-state index in [9.17, 15) is 19.3 Å². The first-order valence-electron chi connectivity index (χ1n) is 5.70. The van der Waals surface area contributed by atoms with Gasteiger partial charge in [0.2, 0.25) is 5.88 Å². The summed E-state index contributed by atoms with van der Waals surface area (Å²) in [4.78, 5) is 24.7. The van der Waals surface area contributed by atoms with E-state index in [1.807, 2.05) is 0 Å². The maximum atomic E-state index is 13.0. The van der Waals surface area contributed by atoms with Crippen molar-refractivity contribution < 1.29 is 24.0 Å². The molecular formula is C13H9FN2O5. The molecule has 0 saturated heterocycles. The molecule has 108 valence electrons. The minimum Gasteiger partial charge on any atom is -0.477 e. The first-order chi connectivity index (χ1) is 9.88. The second-order valence-corrected chi connectivity index (χ2v) is 4.12. The number of halogens is 1. The van der Waals surface area contributed by atoms with Crippen LogP contribution in [0.1, 0.15) is 15.9 Å². The average Bonchev–Trinajstić information content (AvgIpc) is 2.42. The van der Waals surface area contributed by atoms with Crippen molar-refractivity contribution in [1.82, 2.24) is 4.98 Å². The fourth-order valence-electron chi connectivity index (χ4n) is 1.63. The van der Waals surface area contributed by atoms with E-state index in [0.29, 0.717) is 5.56 Å². The number of aryl methyl sites for hydroxylation is 1. The molecular weight excluding hydrogens is 283 g/mol. The van der Waals surface area contributed by atoms with Crippen LogP contribution in [0.4, 0.5) is 10.1 Å². The number of carboxylic acid groups (broad SMARTS) is 1. The van der Waals surface area contributed by atoms with Gasteiger partial charge in [-0.2, -0.15) is 0 Å². The Balaban J connectivity index is 2.39. The van der Waals surface area contributed by atoms with Crippen molar-refractivity contribution in [2.24, 2.45) is 0 Å². The van der Waals surface area contributed by atoms with Crippen LogP contribution in [0.3, 0.4) is 0 Å². The molecule has 0 fully saturated rings. The molecule has 0 saturated carbocycles. The highest BCUT2D eigenvalue weighted by Gasteiger charge is 2.17. The Labute approximate surface area is 117 Å². The summed E-state index contributed by atoms with van der Waals surface area (Å²) in [5.41, 5.74) is -0.134. The van der Waals surface area contributed by atoms with Gasteiger partial charge >= 0.3 is 5.97 Å². The van der Waals surface area contributed by atoms with E-state index in [2.05, 4.69) is 4.98 Å². The number of hydrogen-bond donors (Lipinski definition) is 1. The molecule has 1 heterocycles. The van der Waals surface area contributed by atoms with Crippen molar-refractivity contribution in [3.63, 3.8) is 0 Å². The molecule has 0 bridgehead atoms. The zero-order chi connectivity index (χ0) is 15.6. The Kier molecular flexibility index (Phi) is 3.79. The van der Waals surface area contributed by atoms with E-state index >= 15 is 0 Å². The first-order valence-corrected chi connectivity index (χ1v) is 5.70. The third-order valence-electron chi connectivity index (χ3n) is 2.62. The van der Waals surface area contributed by atoms with E-state index in [4.69, 9.17) is 9.84 Å². The van der Waals surface area contributed by atoms with Gasteiger partial charge in [0.15, 0.2) is 0 Å². The van der Waals surface area contributed by atoms with E-state index in [-0.39, 0.29) is 17.3 Å². The third-order valence-corrected chi connectivity index (χ3v) is 2.62. The Morgan fingerprint density at radius 2 is 2.14 bits per heavy atom. The molecule has 2 rings (SSSR count). The molecule has 1 N–H and O–H groups in total. The zero-order valence-electron chi connectivity index (χ0n) is 10.7. The minimum atomic E-state index is -1.39. The lowest BCUT2D eigenvalue weighted by atomic mass is 10.2. The number of nitro benzene ring substituents is 1. The minimum absolute atomic E-state index is 0.120. The van der Waals surface area contributed by atoms with E-state index in [1.165, 1.54) is 18.2 Å². The molecule has 21 heavy (non-hydrogen) atoms. The van der Waals surface area contributed by atoms with E-state index < -0.39 is 22.3 Å². The largest absolute Gasteiger partial charge is 0.477 e. The number of non-ortho nitro benzene ring substituents is 1. The average molecular weight is 292 g/mol. The standard InChI is InChI=1S/C13H9FN2O5/c1-7-4-9(16(19)20)2-3-11(7)21-12-10(13(17)18)5-8(14)6-15-12/h2-6H,1H3,(H,17,18). The van der Waals surface area contributed by atoms with Gasteiger partial charge in [-0.05, 0) is 24.6 Å². The molecule has 0 unspecified atom stereocenters. The van der Waals surface area contributed by atoms with Crippen LogP contribution in [0.25, 0.3) is 0 Å². The summed E-state index contributed by atoms with van der Waals surface area (Å²) in [5.74, 6) is -2.29. The quantitative estimate of drug-likeness (QED) is 0.686. The van der Waals surface area contributed by atoms with Crippen molar-refractivity contribution >= 4 is 11.7 Å². The Morgan fingerprint density at radius 3 is 2.71 bits per heavy atom. The molecule has 0 amide bonds. The maximum absolute atomic E-state index is 13.0. The van der Waals surface area contributed by atoms with Crippen LogP contribution in [0.2, 0.25) is 0 Å². The number of ether oxygens (including phenoxy) is 1.